The number of aliphatic hydroxyl groups is 3. The maximum Gasteiger partial charge on any atom is 0.415 e. The molecule has 0 aliphatic heterocycles. The molecule has 0 aromatic carbocycles. The molecule has 6 fully saturated rings. The molecule has 556 valence electrons. The van der Waals surface area contributed by atoms with Crippen molar-refractivity contribution >= 4 is 105 Å². The van der Waals surface area contributed by atoms with E-state index in [1.54, 1.807) is 109 Å². The summed E-state index contributed by atoms with van der Waals surface area (Å²) in [6, 6.07) is 15.6. The first-order valence-electron chi connectivity index (χ1n) is 34.6. The summed E-state index contributed by atoms with van der Waals surface area (Å²) in [5, 5.41) is 59.5. The molecular weight excluding hydrogens is 1380 g/mol. The van der Waals surface area contributed by atoms with Gasteiger partial charge in [0, 0.05) is 76.1 Å². The molecule has 0 bridgehead atoms. The van der Waals surface area contributed by atoms with Crippen molar-refractivity contribution in [3.8, 4) is 17.6 Å². The lowest BCUT2D eigenvalue weighted by Crippen LogP contribution is -2.46. The average molecular weight is 1470 g/mol. The Labute approximate surface area is 608 Å². The molecule has 0 spiro atoms. The summed E-state index contributed by atoms with van der Waals surface area (Å²) < 4.78 is 32.5. The highest BCUT2D eigenvalue weighted by molar-refractivity contribution is 6.30. The first-order chi connectivity index (χ1) is 50.1. The summed E-state index contributed by atoms with van der Waals surface area (Å²) in [5.41, 5.74) is 7.93. The van der Waals surface area contributed by atoms with Gasteiger partial charge in [0.2, 0.25) is 17.6 Å². The van der Waals surface area contributed by atoms with E-state index >= 15 is 0 Å². The first-order valence-corrected chi connectivity index (χ1v) is 35.0. The van der Waals surface area contributed by atoms with E-state index in [2.05, 4.69) is 77.1 Å². The van der Waals surface area contributed by atoms with Gasteiger partial charge < -0.3 is 76.6 Å². The Morgan fingerprint density at radius 1 is 0.524 bits per heavy atom. The molecule has 9 heterocycles. The minimum Gasteiger partial charge on any atom is -0.473 e. The number of hydrogen-bond acceptors (Lipinski definition) is 26. The molecule has 34 nitrogen and oxygen atoms in total. The largest absolute Gasteiger partial charge is 0.473 e. The zero-order valence-corrected chi connectivity index (χ0v) is 60.2. The van der Waals surface area contributed by atoms with Crippen LogP contribution < -0.4 is 61.6 Å². The van der Waals surface area contributed by atoms with E-state index in [0.29, 0.717) is 120 Å². The molecule has 105 heavy (non-hydrogen) atoms. The van der Waals surface area contributed by atoms with Crippen molar-refractivity contribution in [3.63, 3.8) is 0 Å². The first kappa shape index (κ1) is 73.8. The van der Waals surface area contributed by atoms with Gasteiger partial charge in [0.25, 0.3) is 17.7 Å². The van der Waals surface area contributed by atoms with E-state index in [0.717, 1.165) is 38.5 Å². The topological polar surface area (TPSA) is 426 Å². The Bertz CT molecular complexity index is 4650. The van der Waals surface area contributed by atoms with Gasteiger partial charge in [-0.15, -0.1) is 0 Å². The number of carbonyl (C=O) groups is 5. The van der Waals surface area contributed by atoms with Crippen molar-refractivity contribution in [2.45, 2.75) is 185 Å². The summed E-state index contributed by atoms with van der Waals surface area (Å²) in [4.78, 5) is 92.2. The molecule has 9 aromatic heterocycles. The zero-order chi connectivity index (χ0) is 74.6. The SMILES string of the molecule is CN(C(=O)OC(C)(C)C)c1cc(Cl)nc2c(C(=O)NC3CC(O)C3)cnn12.CN(C(=O)OC(C)(C)C)c1cc(Nc2cccnc2OC2CC2)nc2c(C(=O)NC3CC(O)C3)cnn12.CNc1cc(Nc2cccnc2OC2CC2)nc2c(C(=O)NC3CC(O)C3)cnn12.Nc1cccnc1OC1CC1. The van der Waals surface area contributed by atoms with Crippen molar-refractivity contribution in [2.75, 3.05) is 52.6 Å². The van der Waals surface area contributed by atoms with Gasteiger partial charge in [0.1, 0.15) is 91.8 Å². The van der Waals surface area contributed by atoms with Gasteiger partial charge >= 0.3 is 12.2 Å². The van der Waals surface area contributed by atoms with Gasteiger partial charge in [-0.3, -0.25) is 24.2 Å². The number of aromatic nitrogens is 12. The van der Waals surface area contributed by atoms with E-state index in [1.165, 1.54) is 50.5 Å². The lowest BCUT2D eigenvalue weighted by Gasteiger charge is -2.31. The van der Waals surface area contributed by atoms with Crippen LogP contribution in [0.15, 0.2) is 91.8 Å². The van der Waals surface area contributed by atoms with E-state index in [-0.39, 0.29) is 87.8 Å². The van der Waals surface area contributed by atoms with Gasteiger partial charge in [-0.2, -0.15) is 28.8 Å². The summed E-state index contributed by atoms with van der Waals surface area (Å²) in [6.07, 6.45) is 17.3. The third-order valence-electron chi connectivity index (χ3n) is 17.0. The molecule has 0 saturated heterocycles. The number of anilines is 8. The molecule has 6 aliphatic carbocycles. The second kappa shape index (κ2) is 31.2. The summed E-state index contributed by atoms with van der Waals surface area (Å²) in [5.74, 6) is 2.81. The number of halogens is 1. The van der Waals surface area contributed by atoms with E-state index in [1.807, 2.05) is 18.2 Å². The number of nitrogens with two attached hydrogens (primary N) is 1. The number of hydrogen-bond donors (Lipinski definition) is 10. The van der Waals surface area contributed by atoms with Crippen LogP contribution in [-0.4, -0.2) is 191 Å². The van der Waals surface area contributed by atoms with E-state index in [9.17, 15) is 39.3 Å². The standard InChI is InChI=1S/C25H31N7O5.C20H23N7O3.C17H22ClN5O4.C8H10N2O/c1-25(2,3)37-24(35)31(4)20-12-19(29-18-6-5-9-26-23(18)36-16-7-8-16)30-21-17(13-27-32(20)21)22(34)28-14-10-15(33)11-14;1-21-17-9-16(25-15-3-2-6-22-20(15)30-13-4-5-13)26-18-14(10-23-27(17)18)19(29)24-11-7-12(28)8-11;1-17(2,3)27-16(26)22(4)13-7-12(18)21-14-11(8-19-23(13)14)15(25)20-9-5-10(24)6-9;9-7-2-1-5-10-8(7)11-6-3-4-6/h5-6,9,12-16,33H,7-8,10-11H2,1-4H3,(H,28,34)(H,29,30);2-3,6,9-13,21,28H,4-5,7-8H2,1H3,(H,24,29)(H,25,26);7-10,24H,5-6H2,1-4H3,(H,20,25);1-2,5-6H,3-4,9H2. The van der Waals surface area contributed by atoms with Crippen molar-refractivity contribution in [2.24, 2.45) is 0 Å². The Morgan fingerprint density at radius 3 is 1.28 bits per heavy atom. The minimum atomic E-state index is -0.703. The molecule has 35 heteroatoms. The van der Waals surface area contributed by atoms with Crippen molar-refractivity contribution in [1.82, 2.24) is 74.7 Å². The fourth-order valence-corrected chi connectivity index (χ4v) is 11.0. The van der Waals surface area contributed by atoms with Gasteiger partial charge in [-0.25, -0.2) is 39.5 Å². The van der Waals surface area contributed by atoms with Crippen molar-refractivity contribution in [1.29, 1.82) is 0 Å². The Balaban J connectivity index is 0.000000139. The highest BCUT2D eigenvalue weighted by Gasteiger charge is 2.35. The van der Waals surface area contributed by atoms with Crippen LogP contribution in [-0.2, 0) is 9.47 Å². The molecule has 11 N–H and O–H groups in total. The minimum absolute atomic E-state index is 0.0231. The smallest absolute Gasteiger partial charge is 0.415 e. The van der Waals surface area contributed by atoms with Crippen LogP contribution in [0.3, 0.4) is 0 Å². The second-order valence-corrected chi connectivity index (χ2v) is 28.8. The predicted molar refractivity (Wildman–Crippen MR) is 387 cm³/mol. The molecule has 6 aliphatic rings. The van der Waals surface area contributed by atoms with Gasteiger partial charge in [0.15, 0.2) is 16.9 Å². The lowest BCUT2D eigenvalue weighted by atomic mass is 9.89. The Hall–Kier alpha value is -11.0. The lowest BCUT2D eigenvalue weighted by molar-refractivity contribution is 0.0553. The number of nitrogens with one attached hydrogen (secondary N) is 6. The number of carbonyl (C=O) groups excluding carboxylic acids is 5. The maximum absolute atomic E-state index is 13.0. The Kier molecular flexibility index (Phi) is 21.9. The third-order valence-corrected chi connectivity index (χ3v) is 17.2. The normalized spacial score (nSPS) is 19.3. The number of nitrogen functional groups attached to an aromatic ring is 1. The van der Waals surface area contributed by atoms with Crippen LogP contribution in [0.4, 0.5) is 55.7 Å². The molecule has 6 saturated carbocycles. The summed E-state index contributed by atoms with van der Waals surface area (Å²) >= 11 is 6.11. The number of fused-ring (bicyclic) bond motifs is 3. The molecule has 15 rings (SSSR count). The van der Waals surface area contributed by atoms with Crippen LogP contribution in [0.1, 0.15) is 150 Å². The monoisotopic (exact) mass is 1460 g/mol. The fraction of sp³-hybridized carbons (Fsp3) is 0.457. The predicted octanol–water partition coefficient (Wildman–Crippen LogP) is 7.95. The molecule has 0 unspecified atom stereocenters. The number of ether oxygens (including phenoxy) is 5. The van der Waals surface area contributed by atoms with Crippen LogP contribution in [0.2, 0.25) is 5.15 Å². The highest BCUT2D eigenvalue weighted by Crippen LogP contribution is 2.36. The molecule has 5 amide bonds. The highest BCUT2D eigenvalue weighted by atomic mass is 35.5. The van der Waals surface area contributed by atoms with Crippen LogP contribution >= 0.6 is 11.6 Å². The molecular formula is C70H86ClN21O13. The number of nitrogens with zero attached hydrogens (tertiary/aromatic N) is 14. The number of pyridine rings is 3. The third kappa shape index (κ3) is 18.9. The molecule has 9 aromatic rings. The van der Waals surface area contributed by atoms with Crippen LogP contribution in [0, 0.1) is 0 Å². The van der Waals surface area contributed by atoms with Crippen LogP contribution in [0.25, 0.3) is 16.9 Å². The number of rotatable bonds is 19. The van der Waals surface area contributed by atoms with Crippen LogP contribution in [0.5, 0.6) is 17.6 Å². The molecule has 0 atom stereocenters. The number of aliphatic hydroxyl groups excluding tert-OH is 3. The van der Waals surface area contributed by atoms with Crippen molar-refractivity contribution < 1.29 is 63.0 Å². The van der Waals surface area contributed by atoms with E-state index in [4.69, 9.17) is 41.0 Å². The average Bonchev–Trinajstić information content (AvgIpc) is 1.72. The quantitative estimate of drug-likeness (QED) is 0.0343. The summed E-state index contributed by atoms with van der Waals surface area (Å²) in [7, 11) is 4.87. The van der Waals surface area contributed by atoms with Gasteiger partial charge in [-0.05, 0) is 155 Å². The Morgan fingerprint density at radius 2 is 0.886 bits per heavy atom. The van der Waals surface area contributed by atoms with Crippen molar-refractivity contribution in [3.05, 3.63) is 114 Å². The zero-order valence-electron chi connectivity index (χ0n) is 59.5. The summed E-state index contributed by atoms with van der Waals surface area (Å²) in [6.45, 7) is 10.6. The fourth-order valence-electron chi connectivity index (χ4n) is 10.8. The van der Waals surface area contributed by atoms with Gasteiger partial charge in [-0.1, -0.05) is 11.6 Å². The second-order valence-electron chi connectivity index (χ2n) is 28.4. The van der Waals surface area contributed by atoms with Gasteiger partial charge in [0.05, 0.1) is 42.6 Å². The number of amides is 5. The maximum atomic E-state index is 13.0. The molecule has 0 radical (unpaired) electrons. The van der Waals surface area contributed by atoms with E-state index < -0.39 is 29.5 Å².